The number of ether oxygens (including phenoxy) is 2. The number of rotatable bonds is 3. The highest BCUT2D eigenvalue weighted by Crippen LogP contribution is 2.32. The zero-order chi connectivity index (χ0) is 18.8. The van der Waals surface area contributed by atoms with Crippen LogP contribution >= 0.6 is 0 Å². The normalized spacial score (nSPS) is 23.6. The lowest BCUT2D eigenvalue weighted by Crippen LogP contribution is -2.51. The van der Waals surface area contributed by atoms with Crippen molar-refractivity contribution in [3.63, 3.8) is 0 Å². The summed E-state index contributed by atoms with van der Waals surface area (Å²) >= 11 is 0. The molecule has 0 saturated carbocycles. The molecule has 25 heavy (non-hydrogen) atoms. The van der Waals surface area contributed by atoms with Gasteiger partial charge in [-0.3, -0.25) is 4.90 Å². The maximum Gasteiger partial charge on any atom is 0.413 e. The Morgan fingerprint density at radius 3 is 2.52 bits per heavy atom. The van der Waals surface area contributed by atoms with Gasteiger partial charge in [0.2, 0.25) is 0 Å². The molecule has 0 spiro atoms. The van der Waals surface area contributed by atoms with Crippen LogP contribution in [0.5, 0.6) is 0 Å². The highest BCUT2D eigenvalue weighted by atomic mass is 16.6. The molecule has 6 nitrogen and oxygen atoms in total. The molecule has 0 bridgehead atoms. The monoisotopic (exact) mass is 348 g/mol. The van der Waals surface area contributed by atoms with Gasteiger partial charge >= 0.3 is 6.09 Å². The maximum atomic E-state index is 12.7. The van der Waals surface area contributed by atoms with Crippen LogP contribution in [0.25, 0.3) is 0 Å². The standard InChI is InChI=1S/C19H28N2O4/c1-14-16(13-20(23)12-15-10-8-7-9-11-15)21(19(5,6)24-14)17(22)25-18(2,3)4/h7-11,13-14,16H,12H2,1-6H3/b20-13-/t14-,16-/m1/s1. The Balaban J connectivity index is 2.23. The van der Waals surface area contributed by atoms with Crippen LogP contribution < -0.4 is 0 Å². The minimum Gasteiger partial charge on any atom is -0.624 e. The van der Waals surface area contributed by atoms with E-state index in [9.17, 15) is 10.0 Å². The first-order chi connectivity index (χ1) is 11.5. The quantitative estimate of drug-likeness (QED) is 0.363. The van der Waals surface area contributed by atoms with Gasteiger partial charge in [0.05, 0.1) is 6.10 Å². The van der Waals surface area contributed by atoms with Crippen molar-refractivity contribution in [2.75, 3.05) is 0 Å². The van der Waals surface area contributed by atoms with Gasteiger partial charge in [0, 0.05) is 5.56 Å². The molecule has 1 aliphatic heterocycles. The molecule has 0 N–H and O–H groups in total. The number of hydroxylamine groups is 1. The number of carbonyl (C=O) groups excluding carboxylic acids is 1. The summed E-state index contributed by atoms with van der Waals surface area (Å²) in [5.41, 5.74) is -0.565. The molecular weight excluding hydrogens is 320 g/mol. The lowest BCUT2D eigenvalue weighted by Gasteiger charge is -2.33. The third kappa shape index (κ3) is 4.95. The fourth-order valence-electron chi connectivity index (χ4n) is 2.98. The predicted octanol–water partition coefficient (Wildman–Crippen LogP) is 3.53. The summed E-state index contributed by atoms with van der Waals surface area (Å²) in [6, 6.07) is 8.97. The molecule has 1 aromatic rings. The maximum absolute atomic E-state index is 12.7. The number of carbonyl (C=O) groups is 1. The Morgan fingerprint density at radius 1 is 1.36 bits per heavy atom. The molecular formula is C19H28N2O4. The molecule has 1 saturated heterocycles. The van der Waals surface area contributed by atoms with E-state index in [2.05, 4.69) is 0 Å². The fraction of sp³-hybridized carbons (Fsp3) is 0.579. The van der Waals surface area contributed by atoms with Gasteiger partial charge in [0.1, 0.15) is 17.4 Å². The van der Waals surface area contributed by atoms with Crippen molar-refractivity contribution in [3.8, 4) is 0 Å². The molecule has 0 radical (unpaired) electrons. The molecule has 1 fully saturated rings. The number of benzene rings is 1. The molecule has 1 heterocycles. The predicted molar refractivity (Wildman–Crippen MR) is 96.3 cm³/mol. The van der Waals surface area contributed by atoms with Gasteiger partial charge in [-0.25, -0.2) is 9.53 Å². The summed E-state index contributed by atoms with van der Waals surface area (Å²) in [5, 5.41) is 12.4. The van der Waals surface area contributed by atoms with Crippen LogP contribution in [0.1, 0.15) is 47.1 Å². The van der Waals surface area contributed by atoms with Crippen molar-refractivity contribution in [2.45, 2.75) is 71.6 Å². The minimum atomic E-state index is -0.851. The van der Waals surface area contributed by atoms with Crippen molar-refractivity contribution in [1.29, 1.82) is 0 Å². The molecule has 1 amide bonds. The number of nitrogens with zero attached hydrogens (tertiary/aromatic N) is 2. The smallest absolute Gasteiger partial charge is 0.413 e. The highest BCUT2D eigenvalue weighted by molar-refractivity contribution is 5.76. The Morgan fingerprint density at radius 2 is 1.96 bits per heavy atom. The van der Waals surface area contributed by atoms with E-state index in [0.717, 1.165) is 10.3 Å². The van der Waals surface area contributed by atoms with Gasteiger partial charge in [-0.2, -0.15) is 0 Å². The molecule has 2 atom stereocenters. The molecule has 1 aliphatic rings. The molecule has 0 unspecified atom stereocenters. The number of amides is 1. The average Bonchev–Trinajstić information content (AvgIpc) is 2.66. The van der Waals surface area contributed by atoms with Crippen molar-refractivity contribution < 1.29 is 19.0 Å². The first kappa shape index (κ1) is 19.2. The Labute approximate surface area is 149 Å². The van der Waals surface area contributed by atoms with Gasteiger partial charge in [0.15, 0.2) is 12.8 Å². The second-order valence-corrected chi connectivity index (χ2v) is 7.82. The summed E-state index contributed by atoms with van der Waals surface area (Å²) in [7, 11) is 0. The molecule has 0 aromatic heterocycles. The van der Waals surface area contributed by atoms with Crippen molar-refractivity contribution in [3.05, 3.63) is 41.1 Å². The molecule has 1 aromatic carbocycles. The van der Waals surface area contributed by atoms with Crippen LogP contribution in [-0.2, 0) is 16.0 Å². The van der Waals surface area contributed by atoms with Gasteiger partial charge in [0.25, 0.3) is 0 Å². The zero-order valence-corrected chi connectivity index (χ0v) is 15.9. The fourth-order valence-corrected chi connectivity index (χ4v) is 2.98. The van der Waals surface area contributed by atoms with Crippen LogP contribution in [0.2, 0.25) is 0 Å². The Bertz CT molecular complexity index is 635. The molecule has 0 aliphatic carbocycles. The van der Waals surface area contributed by atoms with E-state index in [1.54, 1.807) is 13.8 Å². The van der Waals surface area contributed by atoms with E-state index in [1.165, 1.54) is 11.1 Å². The SMILES string of the molecule is C[C@H]1OC(C)(C)N(C(=O)OC(C)(C)C)[C@@H]1/C=[N+](\[O-])Cc1ccccc1. The van der Waals surface area contributed by atoms with E-state index in [1.807, 2.05) is 58.0 Å². The van der Waals surface area contributed by atoms with Crippen molar-refractivity contribution in [1.82, 2.24) is 4.90 Å². The van der Waals surface area contributed by atoms with E-state index in [4.69, 9.17) is 9.47 Å². The Kier molecular flexibility index (Phi) is 5.42. The minimum absolute atomic E-state index is 0.215. The zero-order valence-electron chi connectivity index (χ0n) is 15.9. The van der Waals surface area contributed by atoms with E-state index in [0.29, 0.717) is 0 Å². The number of hydrogen-bond donors (Lipinski definition) is 0. The van der Waals surface area contributed by atoms with Gasteiger partial charge in [-0.1, -0.05) is 30.3 Å². The van der Waals surface area contributed by atoms with Gasteiger partial charge < -0.3 is 14.7 Å². The Hall–Kier alpha value is -2.08. The second-order valence-electron chi connectivity index (χ2n) is 7.82. The van der Waals surface area contributed by atoms with Crippen LogP contribution in [0.15, 0.2) is 30.3 Å². The van der Waals surface area contributed by atoms with E-state index >= 15 is 0 Å². The van der Waals surface area contributed by atoms with Crippen LogP contribution in [-0.4, -0.2) is 45.4 Å². The summed E-state index contributed by atoms with van der Waals surface area (Å²) in [4.78, 5) is 14.2. The molecule has 2 rings (SSSR count). The topological polar surface area (TPSA) is 64.8 Å². The summed E-state index contributed by atoms with van der Waals surface area (Å²) in [6.07, 6.45) is 0.696. The van der Waals surface area contributed by atoms with Crippen LogP contribution in [0.4, 0.5) is 4.79 Å². The van der Waals surface area contributed by atoms with Crippen LogP contribution in [0, 0.1) is 5.21 Å². The van der Waals surface area contributed by atoms with Gasteiger partial charge in [-0.15, -0.1) is 0 Å². The van der Waals surface area contributed by atoms with Crippen molar-refractivity contribution in [2.24, 2.45) is 0 Å². The van der Waals surface area contributed by atoms with E-state index in [-0.39, 0.29) is 12.6 Å². The third-order valence-corrected chi connectivity index (χ3v) is 3.92. The first-order valence-electron chi connectivity index (χ1n) is 8.52. The largest absolute Gasteiger partial charge is 0.624 e. The van der Waals surface area contributed by atoms with Crippen LogP contribution in [0.3, 0.4) is 0 Å². The first-order valence-corrected chi connectivity index (χ1v) is 8.52. The summed E-state index contributed by atoms with van der Waals surface area (Å²) in [6.45, 7) is 11.1. The van der Waals surface area contributed by atoms with Gasteiger partial charge in [-0.05, 0) is 41.5 Å². The average molecular weight is 348 g/mol. The second kappa shape index (κ2) is 7.04. The van der Waals surface area contributed by atoms with E-state index < -0.39 is 23.5 Å². The summed E-state index contributed by atoms with van der Waals surface area (Å²) in [5.74, 6) is 0. The highest BCUT2D eigenvalue weighted by Gasteiger charge is 2.50. The third-order valence-electron chi connectivity index (χ3n) is 3.92. The lowest BCUT2D eigenvalue weighted by molar-refractivity contribution is -0.472. The number of hydrogen-bond acceptors (Lipinski definition) is 4. The summed E-state index contributed by atoms with van der Waals surface area (Å²) < 4.78 is 12.2. The molecule has 138 valence electrons. The lowest BCUT2D eigenvalue weighted by atomic mass is 10.1. The molecule has 6 heteroatoms. The van der Waals surface area contributed by atoms with Crippen molar-refractivity contribution >= 4 is 12.3 Å².